The minimum Gasteiger partial charge on any atom is -0.301 e. The number of thiazole rings is 1. The van der Waals surface area contributed by atoms with Crippen molar-refractivity contribution in [1.82, 2.24) is 4.98 Å². The molecule has 1 aliphatic heterocycles. The number of nitrogens with one attached hydrogen (secondary N) is 1. The first-order valence-electron chi connectivity index (χ1n) is 5.70. The van der Waals surface area contributed by atoms with Crippen molar-refractivity contribution >= 4 is 34.1 Å². The largest absolute Gasteiger partial charge is 0.301 e. The maximum atomic E-state index is 12.1. The van der Waals surface area contributed by atoms with Gasteiger partial charge in [0.25, 0.3) is 0 Å². The van der Waals surface area contributed by atoms with Gasteiger partial charge in [0.15, 0.2) is 5.13 Å². The average molecular weight is 276 g/mol. The van der Waals surface area contributed by atoms with Crippen LogP contribution in [0.5, 0.6) is 0 Å². The number of amides is 1. The van der Waals surface area contributed by atoms with E-state index in [4.69, 9.17) is 0 Å². The SMILES string of the molecule is Cc1cnc(NC(=O)[C@H]2Cc3ccccc3S2)s1. The number of anilines is 1. The van der Waals surface area contributed by atoms with Crippen molar-refractivity contribution in [2.45, 2.75) is 23.5 Å². The van der Waals surface area contributed by atoms with E-state index >= 15 is 0 Å². The predicted octanol–water partition coefficient (Wildman–Crippen LogP) is 3.11. The maximum Gasteiger partial charge on any atom is 0.239 e. The molecule has 18 heavy (non-hydrogen) atoms. The Labute approximate surface area is 114 Å². The molecule has 1 amide bonds. The Kier molecular flexibility index (Phi) is 3.09. The smallest absolute Gasteiger partial charge is 0.239 e. The van der Waals surface area contributed by atoms with Crippen molar-refractivity contribution < 1.29 is 4.79 Å². The second-order valence-electron chi connectivity index (χ2n) is 4.18. The number of hydrogen-bond donors (Lipinski definition) is 1. The molecule has 0 aliphatic carbocycles. The highest BCUT2D eigenvalue weighted by atomic mass is 32.2. The monoisotopic (exact) mass is 276 g/mol. The molecule has 1 atom stereocenters. The van der Waals surface area contributed by atoms with Crippen molar-refractivity contribution in [2.75, 3.05) is 5.32 Å². The molecular formula is C13H12N2OS2. The number of aryl methyl sites for hydroxylation is 1. The fourth-order valence-electron chi connectivity index (χ4n) is 1.93. The van der Waals surface area contributed by atoms with E-state index in [1.165, 1.54) is 21.8 Å². The standard InChI is InChI=1S/C13H12N2OS2/c1-8-7-14-13(17-8)15-12(16)11-6-9-4-2-3-5-10(9)18-11/h2-5,7,11H,6H2,1H3,(H,14,15,16)/t11-/m1/s1. The Bertz CT molecular complexity index is 569. The first-order chi connectivity index (χ1) is 8.72. The molecule has 1 N–H and O–H groups in total. The molecule has 0 unspecified atom stereocenters. The van der Waals surface area contributed by atoms with E-state index in [-0.39, 0.29) is 11.2 Å². The highest BCUT2D eigenvalue weighted by Gasteiger charge is 2.28. The molecule has 2 heterocycles. The number of rotatable bonds is 2. The normalized spacial score (nSPS) is 17.5. The average Bonchev–Trinajstić information content (AvgIpc) is 2.95. The molecule has 1 aromatic carbocycles. The number of nitrogens with zero attached hydrogens (tertiary/aromatic N) is 1. The first-order valence-corrected chi connectivity index (χ1v) is 7.40. The van der Waals surface area contributed by atoms with Crippen LogP contribution in [-0.4, -0.2) is 16.1 Å². The summed E-state index contributed by atoms with van der Waals surface area (Å²) in [5.41, 5.74) is 1.26. The van der Waals surface area contributed by atoms with Gasteiger partial charge in [-0.05, 0) is 25.0 Å². The van der Waals surface area contributed by atoms with Crippen LogP contribution >= 0.6 is 23.1 Å². The molecule has 92 valence electrons. The van der Waals surface area contributed by atoms with Crippen molar-refractivity contribution in [3.63, 3.8) is 0 Å². The molecule has 1 aliphatic rings. The highest BCUT2D eigenvalue weighted by molar-refractivity contribution is 8.01. The van der Waals surface area contributed by atoms with Gasteiger partial charge in [-0.15, -0.1) is 23.1 Å². The second-order valence-corrected chi connectivity index (χ2v) is 6.66. The molecule has 1 aromatic heterocycles. The van der Waals surface area contributed by atoms with E-state index in [1.54, 1.807) is 18.0 Å². The van der Waals surface area contributed by atoms with Crippen molar-refractivity contribution in [1.29, 1.82) is 0 Å². The lowest BCUT2D eigenvalue weighted by atomic mass is 10.1. The quantitative estimate of drug-likeness (QED) is 0.916. The Morgan fingerprint density at radius 1 is 1.44 bits per heavy atom. The number of carbonyl (C=O) groups is 1. The van der Waals surface area contributed by atoms with Crippen LogP contribution in [0.4, 0.5) is 5.13 Å². The number of fused-ring (bicyclic) bond motifs is 1. The topological polar surface area (TPSA) is 42.0 Å². The third-order valence-corrected chi connectivity index (χ3v) is 4.94. The Hall–Kier alpha value is -1.33. The van der Waals surface area contributed by atoms with Crippen molar-refractivity contribution in [3.8, 4) is 0 Å². The third kappa shape index (κ3) is 2.28. The van der Waals surface area contributed by atoms with Gasteiger partial charge in [-0.2, -0.15) is 0 Å². The fourth-order valence-corrected chi connectivity index (χ4v) is 3.79. The van der Waals surface area contributed by atoms with Crippen molar-refractivity contribution in [3.05, 3.63) is 40.9 Å². The Balaban J connectivity index is 1.69. The van der Waals surface area contributed by atoms with Crippen LogP contribution in [0, 0.1) is 6.92 Å². The lowest BCUT2D eigenvalue weighted by molar-refractivity contribution is -0.115. The number of hydrogen-bond acceptors (Lipinski definition) is 4. The maximum absolute atomic E-state index is 12.1. The molecule has 3 nitrogen and oxygen atoms in total. The van der Waals surface area contributed by atoms with Crippen molar-refractivity contribution in [2.24, 2.45) is 0 Å². The zero-order chi connectivity index (χ0) is 12.5. The van der Waals surface area contributed by atoms with Crippen LogP contribution in [0.3, 0.4) is 0 Å². The molecule has 0 bridgehead atoms. The van der Waals surface area contributed by atoms with E-state index in [9.17, 15) is 4.79 Å². The fraction of sp³-hybridized carbons (Fsp3) is 0.231. The summed E-state index contributed by atoms with van der Waals surface area (Å²) in [4.78, 5) is 18.6. The molecule has 3 rings (SSSR count). The molecular weight excluding hydrogens is 264 g/mol. The number of benzene rings is 1. The lowest BCUT2D eigenvalue weighted by Crippen LogP contribution is -2.24. The van der Waals surface area contributed by atoms with Crippen LogP contribution < -0.4 is 5.32 Å². The van der Waals surface area contributed by atoms with Crippen LogP contribution in [0.25, 0.3) is 0 Å². The summed E-state index contributed by atoms with van der Waals surface area (Å²) in [6.45, 7) is 1.98. The van der Waals surface area contributed by atoms with Gasteiger partial charge in [0.05, 0.1) is 5.25 Å². The summed E-state index contributed by atoms with van der Waals surface area (Å²) < 4.78 is 0. The van der Waals surface area contributed by atoms with Gasteiger partial charge >= 0.3 is 0 Å². The minimum atomic E-state index is -0.0355. The van der Waals surface area contributed by atoms with Gasteiger partial charge in [0.2, 0.25) is 5.91 Å². The van der Waals surface area contributed by atoms with E-state index in [2.05, 4.69) is 22.4 Å². The molecule has 5 heteroatoms. The lowest BCUT2D eigenvalue weighted by Gasteiger charge is -2.07. The van der Waals surface area contributed by atoms with E-state index in [0.717, 1.165) is 11.3 Å². The summed E-state index contributed by atoms with van der Waals surface area (Å²) in [5, 5.41) is 3.54. The molecule has 0 fully saturated rings. The summed E-state index contributed by atoms with van der Waals surface area (Å²) in [5.74, 6) is 0.0468. The minimum absolute atomic E-state index is 0.0355. The van der Waals surface area contributed by atoms with Crippen LogP contribution in [0.15, 0.2) is 35.4 Å². The molecule has 0 spiro atoms. The summed E-state index contributed by atoms with van der Waals surface area (Å²) in [6.07, 6.45) is 2.58. The van der Waals surface area contributed by atoms with Gasteiger partial charge < -0.3 is 5.32 Å². The second kappa shape index (κ2) is 4.74. The summed E-state index contributed by atoms with van der Waals surface area (Å²) in [7, 11) is 0. The third-order valence-electron chi connectivity index (χ3n) is 2.79. The van der Waals surface area contributed by atoms with Gasteiger partial charge in [-0.25, -0.2) is 4.98 Å². The van der Waals surface area contributed by atoms with Crippen LogP contribution in [0.2, 0.25) is 0 Å². The van der Waals surface area contributed by atoms with E-state index in [1.807, 2.05) is 19.1 Å². The number of carbonyl (C=O) groups excluding carboxylic acids is 1. The Morgan fingerprint density at radius 3 is 3.00 bits per heavy atom. The first kappa shape index (κ1) is 11.7. The number of aromatic nitrogens is 1. The highest BCUT2D eigenvalue weighted by Crippen LogP contribution is 2.37. The molecule has 2 aromatic rings. The molecule has 0 radical (unpaired) electrons. The van der Waals surface area contributed by atoms with E-state index in [0.29, 0.717) is 5.13 Å². The predicted molar refractivity (Wildman–Crippen MR) is 75.3 cm³/mol. The van der Waals surface area contributed by atoms with Crippen LogP contribution in [0.1, 0.15) is 10.4 Å². The van der Waals surface area contributed by atoms with Gasteiger partial charge in [0, 0.05) is 16.0 Å². The summed E-state index contributed by atoms with van der Waals surface area (Å²) >= 11 is 3.14. The molecule has 0 saturated heterocycles. The molecule has 0 saturated carbocycles. The van der Waals surface area contributed by atoms with Gasteiger partial charge in [-0.3, -0.25) is 4.79 Å². The Morgan fingerprint density at radius 2 is 2.28 bits per heavy atom. The van der Waals surface area contributed by atoms with Crippen LogP contribution in [-0.2, 0) is 11.2 Å². The van der Waals surface area contributed by atoms with Gasteiger partial charge in [0.1, 0.15) is 0 Å². The number of thioether (sulfide) groups is 1. The summed E-state index contributed by atoms with van der Waals surface area (Å²) in [6, 6.07) is 8.18. The zero-order valence-corrected chi connectivity index (χ0v) is 11.5. The van der Waals surface area contributed by atoms with E-state index < -0.39 is 0 Å². The zero-order valence-electron chi connectivity index (χ0n) is 9.84. The van der Waals surface area contributed by atoms with Gasteiger partial charge in [-0.1, -0.05) is 18.2 Å².